The monoisotopic (exact) mass is 584 g/mol. The Morgan fingerprint density at radius 2 is 1.95 bits per heavy atom. The topological polar surface area (TPSA) is 117 Å². The molecule has 0 aliphatic carbocycles. The van der Waals surface area contributed by atoms with Gasteiger partial charge in [0.1, 0.15) is 6.04 Å². The molecule has 0 aromatic heterocycles. The minimum absolute atomic E-state index is 0. The van der Waals surface area contributed by atoms with E-state index < -0.39 is 18.0 Å². The predicted octanol–water partition coefficient (Wildman–Crippen LogP) is 4.40. The Kier molecular flexibility index (Phi) is 12.9. The van der Waals surface area contributed by atoms with Gasteiger partial charge in [0.15, 0.2) is 0 Å². The van der Waals surface area contributed by atoms with Gasteiger partial charge in [-0.25, -0.2) is 4.79 Å². The number of ether oxygens (including phenoxy) is 1. The van der Waals surface area contributed by atoms with Crippen molar-refractivity contribution in [1.29, 1.82) is 0 Å². The summed E-state index contributed by atoms with van der Waals surface area (Å²) in [4.78, 5) is 50.2. The molecule has 4 rings (SSSR count). The molecule has 1 saturated heterocycles. The number of benzene rings is 2. The quantitative estimate of drug-likeness (QED) is 0.343. The van der Waals surface area contributed by atoms with Gasteiger partial charge in [-0.1, -0.05) is 32.9 Å². The Hall–Kier alpha value is -2.78. The Morgan fingerprint density at radius 1 is 1.22 bits per heavy atom. The van der Waals surface area contributed by atoms with Gasteiger partial charge in [0, 0.05) is 63.6 Å². The molecular formula is C27H35N4O5Y-. The van der Waals surface area contributed by atoms with Gasteiger partial charge in [0.05, 0.1) is 6.61 Å². The standard InChI is InChI=1S/C24H25N4O5.C2H6.CH4.Y/c1-3-25-19-11-17(7-4-14(19)2)26-24(32)33-13-15-5-6-16-12-28(23(31)18(16)10-15)20-8-9-21(29)27-22(20)30;1-2;;/h4,6-7,10-11,20,25H,3,8-9,12-13H2,1-2H3,(H,26,32)(H,27,29,30);1-2H3;1H4;/q-1;;;. The molecule has 1 atom stereocenters. The first kappa shape index (κ1) is 32.3. The summed E-state index contributed by atoms with van der Waals surface area (Å²) in [6, 6.07) is 11.2. The predicted molar refractivity (Wildman–Crippen MR) is 139 cm³/mol. The Morgan fingerprint density at radius 3 is 2.62 bits per heavy atom. The number of carbonyl (C=O) groups excluding carboxylic acids is 4. The number of nitrogens with one attached hydrogen (secondary N) is 3. The van der Waals surface area contributed by atoms with Gasteiger partial charge in [-0.2, -0.15) is 18.2 Å². The van der Waals surface area contributed by atoms with Crippen molar-refractivity contribution in [2.45, 2.75) is 67.2 Å². The fourth-order valence-corrected chi connectivity index (χ4v) is 4.00. The van der Waals surface area contributed by atoms with Gasteiger partial charge in [-0.3, -0.25) is 25.0 Å². The molecule has 37 heavy (non-hydrogen) atoms. The smallest absolute Gasteiger partial charge is 0.411 e. The summed E-state index contributed by atoms with van der Waals surface area (Å²) in [6.07, 6.45) is -0.112. The van der Waals surface area contributed by atoms with E-state index in [1.54, 1.807) is 18.2 Å². The zero-order valence-electron chi connectivity index (χ0n) is 21.1. The van der Waals surface area contributed by atoms with E-state index in [9.17, 15) is 19.2 Å². The van der Waals surface area contributed by atoms with Crippen molar-refractivity contribution in [3.05, 3.63) is 58.7 Å². The SMILES string of the molecule is C.CC.CCNc1cc(NC(=O)OCc2[c-]cc3c(c2)C(=O)N(C2CCC(=O)NC2=O)C3)ccc1C.[Y]. The number of nitrogens with zero attached hydrogens (tertiary/aromatic N) is 1. The molecule has 2 aliphatic rings. The second-order valence-corrected chi connectivity index (χ2v) is 8.06. The van der Waals surface area contributed by atoms with Crippen LogP contribution in [0, 0.1) is 13.0 Å². The van der Waals surface area contributed by atoms with Crippen molar-refractivity contribution >= 4 is 35.2 Å². The molecule has 1 unspecified atom stereocenters. The number of anilines is 2. The third-order valence-corrected chi connectivity index (χ3v) is 5.72. The maximum Gasteiger partial charge on any atom is 0.411 e. The average molecular weight is 585 g/mol. The number of hydrogen-bond acceptors (Lipinski definition) is 6. The number of rotatable bonds is 6. The Bertz CT molecular complexity index is 1140. The van der Waals surface area contributed by atoms with Crippen LogP contribution in [0.15, 0.2) is 30.3 Å². The van der Waals surface area contributed by atoms with Crippen molar-refractivity contribution in [3.63, 3.8) is 0 Å². The van der Waals surface area contributed by atoms with E-state index in [1.807, 2.05) is 39.8 Å². The van der Waals surface area contributed by atoms with Crippen LogP contribution in [-0.4, -0.2) is 41.3 Å². The first-order valence-electron chi connectivity index (χ1n) is 11.8. The van der Waals surface area contributed by atoms with Gasteiger partial charge < -0.3 is 15.0 Å². The van der Waals surface area contributed by atoms with E-state index in [0.29, 0.717) is 23.2 Å². The molecule has 1 radical (unpaired) electrons. The van der Waals surface area contributed by atoms with E-state index >= 15 is 0 Å². The second-order valence-electron chi connectivity index (χ2n) is 8.06. The summed E-state index contributed by atoms with van der Waals surface area (Å²) in [5.74, 6) is -1.06. The maximum absolute atomic E-state index is 12.9. The molecule has 0 spiro atoms. The minimum atomic E-state index is -0.672. The molecule has 2 aliphatic heterocycles. The third-order valence-electron chi connectivity index (χ3n) is 5.72. The van der Waals surface area contributed by atoms with E-state index in [0.717, 1.165) is 23.4 Å². The van der Waals surface area contributed by atoms with Crippen LogP contribution < -0.4 is 16.0 Å². The fourth-order valence-electron chi connectivity index (χ4n) is 4.00. The first-order valence-corrected chi connectivity index (χ1v) is 11.8. The van der Waals surface area contributed by atoms with E-state index in [2.05, 4.69) is 22.0 Å². The third kappa shape index (κ3) is 7.85. The number of hydrogen-bond donors (Lipinski definition) is 3. The van der Waals surface area contributed by atoms with Crippen LogP contribution in [0.5, 0.6) is 0 Å². The maximum atomic E-state index is 12.9. The molecule has 0 bridgehead atoms. The van der Waals surface area contributed by atoms with Gasteiger partial charge in [0.2, 0.25) is 17.7 Å². The van der Waals surface area contributed by atoms with Crippen LogP contribution in [0.1, 0.15) is 68.1 Å². The van der Waals surface area contributed by atoms with Crippen molar-refractivity contribution < 1.29 is 56.6 Å². The summed E-state index contributed by atoms with van der Waals surface area (Å²) >= 11 is 0. The number of amides is 4. The molecule has 4 amide bonds. The number of carbonyl (C=O) groups is 4. The largest absolute Gasteiger partial charge is 0.447 e. The summed E-state index contributed by atoms with van der Waals surface area (Å²) in [5, 5.41) is 8.21. The average Bonchev–Trinajstić information content (AvgIpc) is 3.17. The van der Waals surface area contributed by atoms with Crippen molar-refractivity contribution in [3.8, 4) is 0 Å². The second kappa shape index (κ2) is 14.8. The Labute approximate surface area is 244 Å². The van der Waals surface area contributed by atoms with Gasteiger partial charge in [-0.05, 0) is 38.0 Å². The van der Waals surface area contributed by atoms with Crippen LogP contribution in [0.3, 0.4) is 0 Å². The first-order chi connectivity index (χ1) is 16.9. The molecule has 197 valence electrons. The van der Waals surface area contributed by atoms with Crippen LogP contribution >= 0.6 is 0 Å². The summed E-state index contributed by atoms with van der Waals surface area (Å²) in [6.45, 7) is 8.96. The van der Waals surface area contributed by atoms with E-state index in [4.69, 9.17) is 4.74 Å². The van der Waals surface area contributed by atoms with Crippen LogP contribution in [0.25, 0.3) is 0 Å². The van der Waals surface area contributed by atoms with Crippen LogP contribution in [0.4, 0.5) is 16.2 Å². The molecular weight excluding hydrogens is 549 g/mol. The van der Waals surface area contributed by atoms with Gasteiger partial charge in [0.25, 0.3) is 0 Å². The molecule has 2 aromatic carbocycles. The fraction of sp³-hybridized carbons (Fsp3) is 0.407. The Balaban J connectivity index is 0.00000167. The number of imide groups is 1. The molecule has 9 nitrogen and oxygen atoms in total. The van der Waals surface area contributed by atoms with E-state index in [-0.39, 0.29) is 71.5 Å². The summed E-state index contributed by atoms with van der Waals surface area (Å²) < 4.78 is 5.30. The van der Waals surface area contributed by atoms with Crippen molar-refractivity contribution in [2.24, 2.45) is 0 Å². The van der Waals surface area contributed by atoms with Gasteiger partial charge in [-0.15, -0.1) is 11.1 Å². The van der Waals surface area contributed by atoms with Crippen molar-refractivity contribution in [2.75, 3.05) is 17.2 Å². The number of fused-ring (bicyclic) bond motifs is 1. The van der Waals surface area contributed by atoms with Crippen molar-refractivity contribution in [1.82, 2.24) is 10.2 Å². The molecule has 0 saturated carbocycles. The molecule has 1 fully saturated rings. The zero-order valence-corrected chi connectivity index (χ0v) is 23.9. The number of piperidine rings is 1. The van der Waals surface area contributed by atoms with Crippen LogP contribution in [-0.2, 0) is 60.2 Å². The van der Waals surface area contributed by atoms with E-state index in [1.165, 1.54) is 4.90 Å². The normalized spacial score (nSPS) is 15.7. The summed E-state index contributed by atoms with van der Waals surface area (Å²) in [7, 11) is 0. The molecule has 2 heterocycles. The van der Waals surface area contributed by atoms with Gasteiger partial charge >= 0.3 is 6.09 Å². The minimum Gasteiger partial charge on any atom is -0.447 e. The van der Waals surface area contributed by atoms with Crippen LogP contribution in [0.2, 0.25) is 0 Å². The molecule has 10 heteroatoms. The summed E-state index contributed by atoms with van der Waals surface area (Å²) in [5.41, 5.74) is 4.34. The number of aryl methyl sites for hydroxylation is 1. The molecule has 3 N–H and O–H groups in total. The molecule has 2 aromatic rings. The zero-order chi connectivity index (χ0) is 25.5.